The van der Waals surface area contributed by atoms with Crippen molar-refractivity contribution in [1.29, 1.82) is 0 Å². The molecule has 0 aliphatic heterocycles. The normalized spacial score (nSPS) is 12.6. The van der Waals surface area contributed by atoms with Crippen LogP contribution < -0.4 is 19.3 Å². The molecule has 1 atom stereocenters. The highest BCUT2D eigenvalue weighted by atomic mass is 35.7. The van der Waals surface area contributed by atoms with Gasteiger partial charge in [-0.3, -0.25) is 0 Å². The molecule has 0 spiro atoms. The van der Waals surface area contributed by atoms with Crippen LogP contribution in [0.3, 0.4) is 0 Å². The fraction of sp³-hybridized carbons (Fsp3) is 0.400. The smallest absolute Gasteiger partial charge is 0.0777 e. The highest BCUT2D eigenvalue weighted by molar-refractivity contribution is 5.15. The van der Waals surface area contributed by atoms with Gasteiger partial charge in [0.1, 0.15) is 0 Å². The summed E-state index contributed by atoms with van der Waals surface area (Å²) in [4.78, 5) is 0. The second kappa shape index (κ2) is 7.56. The molecule has 0 fully saturated rings. The van der Waals surface area contributed by atoms with Gasteiger partial charge in [0.25, 0.3) is 0 Å². The van der Waals surface area contributed by atoms with Crippen molar-refractivity contribution >= 4 is 0 Å². The zero-order chi connectivity index (χ0) is 12.6. The Balaban J connectivity index is 0.000000385. The number of likely N-dealkylation sites (N-methyl/N-ethyl adjacent to an activating group) is 1. The Labute approximate surface area is 97.1 Å². The third-order valence-corrected chi connectivity index (χ3v) is 1.88. The minimum Gasteiger partial charge on any atom is -0.317 e. The van der Waals surface area contributed by atoms with Crippen molar-refractivity contribution < 1.29 is 28.9 Å². The first-order valence-corrected chi connectivity index (χ1v) is 5.93. The summed E-state index contributed by atoms with van der Waals surface area (Å²) in [5.41, 5.74) is 1.40. The Morgan fingerprint density at radius 2 is 1.69 bits per heavy atom. The van der Waals surface area contributed by atoms with Crippen LogP contribution in [0.1, 0.15) is 12.5 Å². The summed E-state index contributed by atoms with van der Waals surface area (Å²) in [7, 11) is -2.70. The SMILES string of the molecule is CNC(C)Cc1ccccc1.[O-][Cl+3]([O-])([O-])O. The van der Waals surface area contributed by atoms with E-state index >= 15 is 0 Å². The molecule has 16 heavy (non-hydrogen) atoms. The van der Waals surface area contributed by atoms with E-state index < -0.39 is 10.2 Å². The minimum absolute atomic E-state index is 0.567. The van der Waals surface area contributed by atoms with Crippen molar-refractivity contribution in [2.45, 2.75) is 19.4 Å². The summed E-state index contributed by atoms with van der Waals surface area (Å²) < 4.78 is 32.7. The van der Waals surface area contributed by atoms with Crippen LogP contribution in [-0.4, -0.2) is 17.7 Å². The van der Waals surface area contributed by atoms with Gasteiger partial charge in [-0.15, -0.1) is 0 Å². The van der Waals surface area contributed by atoms with Gasteiger partial charge in [0.2, 0.25) is 0 Å². The average Bonchev–Trinajstić information content (AvgIpc) is 2.16. The maximum atomic E-state index is 8.60. The molecular formula is C10H16ClNO4. The van der Waals surface area contributed by atoms with Gasteiger partial charge >= 0.3 is 0 Å². The van der Waals surface area contributed by atoms with Crippen molar-refractivity contribution in [3.63, 3.8) is 0 Å². The van der Waals surface area contributed by atoms with Crippen LogP contribution in [0.2, 0.25) is 0 Å². The van der Waals surface area contributed by atoms with E-state index in [0.717, 1.165) is 6.42 Å². The lowest BCUT2D eigenvalue weighted by Gasteiger charge is -2.08. The Morgan fingerprint density at radius 1 is 1.25 bits per heavy atom. The van der Waals surface area contributed by atoms with Crippen LogP contribution in [0, 0.1) is 10.2 Å². The van der Waals surface area contributed by atoms with Crippen LogP contribution in [0.5, 0.6) is 0 Å². The van der Waals surface area contributed by atoms with Crippen LogP contribution in [0.25, 0.3) is 0 Å². The molecule has 1 aromatic rings. The quantitative estimate of drug-likeness (QED) is 0.628. The van der Waals surface area contributed by atoms with E-state index in [1.165, 1.54) is 5.56 Å². The monoisotopic (exact) mass is 249 g/mol. The standard InChI is InChI=1S/C10H15N.ClHO4/c1-9(11-2)8-10-6-4-3-5-7-10;2-1(3,4)5/h3-7,9,11H,8H2,1-2H3;(H,2,3,4,5). The summed E-state index contributed by atoms with van der Waals surface area (Å²) in [6.07, 6.45) is 1.11. The van der Waals surface area contributed by atoms with Gasteiger partial charge in [0.15, 0.2) is 0 Å². The summed E-state index contributed by atoms with van der Waals surface area (Å²) in [6.45, 7) is 2.19. The summed E-state index contributed by atoms with van der Waals surface area (Å²) in [5.74, 6) is 0. The predicted octanol–water partition coefficient (Wildman–Crippen LogP) is -2.29. The molecule has 0 radical (unpaired) electrons. The molecule has 1 rings (SSSR count). The van der Waals surface area contributed by atoms with E-state index in [1.54, 1.807) is 0 Å². The summed E-state index contributed by atoms with van der Waals surface area (Å²) >= 11 is 0. The third-order valence-electron chi connectivity index (χ3n) is 1.88. The fourth-order valence-electron chi connectivity index (χ4n) is 1.07. The van der Waals surface area contributed by atoms with E-state index in [-0.39, 0.29) is 0 Å². The van der Waals surface area contributed by atoms with Crippen LogP contribution >= 0.6 is 0 Å². The molecule has 6 heteroatoms. The van der Waals surface area contributed by atoms with E-state index in [9.17, 15) is 0 Å². The van der Waals surface area contributed by atoms with Crippen molar-refractivity contribution in [3.8, 4) is 0 Å². The lowest BCUT2D eigenvalue weighted by molar-refractivity contribution is -1.92. The number of hydrogen-bond donors (Lipinski definition) is 2. The molecule has 5 nitrogen and oxygen atoms in total. The van der Waals surface area contributed by atoms with Crippen LogP contribution in [0.15, 0.2) is 30.3 Å². The fourth-order valence-corrected chi connectivity index (χ4v) is 1.07. The molecule has 0 saturated carbocycles. The van der Waals surface area contributed by atoms with E-state index in [0.29, 0.717) is 6.04 Å². The van der Waals surface area contributed by atoms with Crippen molar-refractivity contribution in [2.75, 3.05) is 7.05 Å². The molecule has 0 aromatic heterocycles. The highest BCUT2D eigenvalue weighted by Crippen LogP contribution is 2.01. The minimum atomic E-state index is -4.69. The number of nitrogens with one attached hydrogen (secondary N) is 1. The molecule has 0 aliphatic carbocycles. The topological polar surface area (TPSA) is 101 Å². The Kier molecular flexibility index (Phi) is 7.24. The van der Waals surface area contributed by atoms with Gasteiger partial charge in [0.05, 0.1) is 14.9 Å². The number of hydrogen-bond acceptors (Lipinski definition) is 5. The van der Waals surface area contributed by atoms with Gasteiger partial charge in [-0.25, -0.2) is 0 Å². The van der Waals surface area contributed by atoms with E-state index in [2.05, 4.69) is 36.5 Å². The van der Waals surface area contributed by atoms with Crippen molar-refractivity contribution in [2.24, 2.45) is 0 Å². The van der Waals surface area contributed by atoms with Gasteiger partial charge in [0, 0.05) is 6.04 Å². The largest absolute Gasteiger partial charge is 0.317 e. The average molecular weight is 250 g/mol. The van der Waals surface area contributed by atoms with E-state index in [1.807, 2.05) is 13.1 Å². The lowest BCUT2D eigenvalue weighted by atomic mass is 10.1. The Bertz CT molecular complexity index is 270. The summed E-state index contributed by atoms with van der Waals surface area (Å²) in [6, 6.07) is 11.1. The van der Waals surface area contributed by atoms with Gasteiger partial charge in [-0.1, -0.05) is 30.3 Å². The second-order valence-electron chi connectivity index (χ2n) is 3.28. The maximum absolute atomic E-state index is 8.60. The molecule has 0 amide bonds. The third kappa shape index (κ3) is 11.4. The molecule has 1 aromatic carbocycles. The van der Waals surface area contributed by atoms with Gasteiger partial charge in [-0.2, -0.15) is 14.0 Å². The first-order valence-electron chi connectivity index (χ1n) is 4.67. The zero-order valence-electron chi connectivity index (χ0n) is 9.22. The molecule has 0 aliphatic rings. The maximum Gasteiger partial charge on any atom is 0.0777 e. The molecular weight excluding hydrogens is 234 g/mol. The molecule has 92 valence electrons. The van der Waals surface area contributed by atoms with Crippen LogP contribution in [-0.2, 0) is 6.42 Å². The molecule has 0 saturated heterocycles. The van der Waals surface area contributed by atoms with Crippen LogP contribution in [0.4, 0.5) is 0 Å². The molecule has 0 heterocycles. The van der Waals surface area contributed by atoms with Gasteiger partial charge in [-0.05, 0) is 26.0 Å². The molecule has 1 unspecified atom stereocenters. The number of benzene rings is 1. The highest BCUT2D eigenvalue weighted by Gasteiger charge is 1.99. The Hall–Kier alpha value is -0.690. The first kappa shape index (κ1) is 15.3. The first-order chi connectivity index (χ1) is 7.33. The van der Waals surface area contributed by atoms with E-state index in [4.69, 9.17) is 18.6 Å². The second-order valence-corrected chi connectivity index (χ2v) is 4.07. The number of rotatable bonds is 3. The van der Waals surface area contributed by atoms with Crippen molar-refractivity contribution in [1.82, 2.24) is 5.32 Å². The molecule has 0 bridgehead atoms. The Morgan fingerprint density at radius 3 is 2.06 bits per heavy atom. The van der Waals surface area contributed by atoms with Crippen molar-refractivity contribution in [3.05, 3.63) is 35.9 Å². The predicted molar refractivity (Wildman–Crippen MR) is 50.9 cm³/mol. The molecule has 2 N–H and O–H groups in total. The summed E-state index contributed by atoms with van der Waals surface area (Å²) in [5, 5.41) is 3.21. The lowest BCUT2D eigenvalue weighted by Crippen LogP contribution is -2.58. The number of halogens is 1. The van der Waals surface area contributed by atoms with Gasteiger partial charge < -0.3 is 5.32 Å². The zero-order valence-corrected chi connectivity index (χ0v) is 9.98.